The smallest absolute Gasteiger partial charge is 0.131 e. The Balaban J connectivity index is 2.26. The largest absolute Gasteiger partial charge is 0.488 e. The Morgan fingerprint density at radius 1 is 1.31 bits per heavy atom. The van der Waals surface area contributed by atoms with Crippen molar-refractivity contribution in [2.24, 2.45) is 5.73 Å². The molecule has 0 radical (unpaired) electrons. The number of fused-ring (bicyclic) bond motifs is 3. The minimum absolute atomic E-state index is 0.0943. The summed E-state index contributed by atoms with van der Waals surface area (Å²) >= 11 is 6.24. The predicted molar refractivity (Wildman–Crippen MR) is 66.1 cm³/mol. The zero-order chi connectivity index (χ0) is 11.1. The van der Waals surface area contributed by atoms with E-state index in [1.54, 1.807) is 0 Å². The molecule has 0 aliphatic carbocycles. The molecule has 1 atom stereocenters. The molecule has 0 amide bonds. The van der Waals surface area contributed by atoms with E-state index in [2.05, 4.69) is 0 Å². The van der Waals surface area contributed by atoms with Crippen molar-refractivity contribution in [1.29, 1.82) is 0 Å². The summed E-state index contributed by atoms with van der Waals surface area (Å²) in [5, 5.41) is 2.91. The number of halogens is 1. The van der Waals surface area contributed by atoms with Gasteiger partial charge in [0.2, 0.25) is 0 Å². The van der Waals surface area contributed by atoms with E-state index in [0.29, 0.717) is 6.54 Å². The lowest BCUT2D eigenvalue weighted by Gasteiger charge is -2.09. The lowest BCUT2D eigenvalue weighted by atomic mass is 10.0. The molecule has 1 heterocycles. The second-order valence-corrected chi connectivity index (χ2v) is 4.48. The zero-order valence-electron chi connectivity index (χ0n) is 8.74. The van der Waals surface area contributed by atoms with Crippen molar-refractivity contribution >= 4 is 22.4 Å². The topological polar surface area (TPSA) is 35.2 Å². The van der Waals surface area contributed by atoms with Gasteiger partial charge in [0.1, 0.15) is 11.9 Å². The summed E-state index contributed by atoms with van der Waals surface area (Å²) in [6.07, 6.45) is 0.952. The van der Waals surface area contributed by atoms with Gasteiger partial charge in [-0.3, -0.25) is 0 Å². The maximum absolute atomic E-state index is 6.24. The SMILES string of the molecule is NC[C@@H]1Cc2cc(Cl)c3ccccc3c2O1. The molecule has 0 spiro atoms. The van der Waals surface area contributed by atoms with Gasteiger partial charge in [-0.25, -0.2) is 0 Å². The van der Waals surface area contributed by atoms with Gasteiger partial charge in [0, 0.05) is 34.3 Å². The van der Waals surface area contributed by atoms with E-state index < -0.39 is 0 Å². The van der Waals surface area contributed by atoms with Crippen molar-refractivity contribution in [3.63, 3.8) is 0 Å². The summed E-state index contributed by atoms with van der Waals surface area (Å²) < 4.78 is 5.84. The Kier molecular flexibility index (Phi) is 2.27. The quantitative estimate of drug-likeness (QED) is 0.822. The average molecular weight is 234 g/mol. The van der Waals surface area contributed by atoms with E-state index >= 15 is 0 Å². The first-order valence-corrected chi connectivity index (χ1v) is 5.74. The van der Waals surface area contributed by atoms with Crippen LogP contribution in [0.3, 0.4) is 0 Å². The van der Waals surface area contributed by atoms with E-state index in [1.807, 2.05) is 30.3 Å². The Morgan fingerprint density at radius 2 is 2.06 bits per heavy atom. The van der Waals surface area contributed by atoms with Crippen molar-refractivity contribution in [1.82, 2.24) is 0 Å². The molecule has 2 aromatic carbocycles. The minimum atomic E-state index is 0.0943. The third-order valence-corrected chi connectivity index (χ3v) is 3.33. The van der Waals surface area contributed by atoms with Crippen molar-refractivity contribution in [2.45, 2.75) is 12.5 Å². The van der Waals surface area contributed by atoms with Gasteiger partial charge >= 0.3 is 0 Å². The highest BCUT2D eigenvalue weighted by Crippen LogP contribution is 2.39. The maximum Gasteiger partial charge on any atom is 0.131 e. The van der Waals surface area contributed by atoms with Crippen LogP contribution in [0.1, 0.15) is 5.56 Å². The minimum Gasteiger partial charge on any atom is -0.488 e. The first-order valence-electron chi connectivity index (χ1n) is 5.36. The van der Waals surface area contributed by atoms with Crippen LogP contribution < -0.4 is 10.5 Å². The van der Waals surface area contributed by atoms with Gasteiger partial charge < -0.3 is 10.5 Å². The fourth-order valence-corrected chi connectivity index (χ4v) is 2.53. The number of ether oxygens (including phenoxy) is 1. The summed E-state index contributed by atoms with van der Waals surface area (Å²) in [7, 11) is 0. The molecule has 82 valence electrons. The molecule has 3 rings (SSSR count). The number of benzene rings is 2. The summed E-state index contributed by atoms with van der Waals surface area (Å²) in [4.78, 5) is 0. The summed E-state index contributed by atoms with van der Waals surface area (Å²) in [6, 6.07) is 10.0. The lowest BCUT2D eigenvalue weighted by molar-refractivity contribution is 0.244. The van der Waals surface area contributed by atoms with Gasteiger partial charge in [-0.05, 0) is 6.07 Å². The fraction of sp³-hybridized carbons (Fsp3) is 0.231. The number of rotatable bonds is 1. The summed E-state index contributed by atoms with van der Waals surface area (Å²) in [6.45, 7) is 0.542. The molecule has 1 aliphatic heterocycles. The van der Waals surface area contributed by atoms with Crippen LogP contribution in [-0.2, 0) is 6.42 Å². The standard InChI is InChI=1S/C13H12ClNO/c14-12-6-8-5-9(7-15)16-13(8)11-4-2-1-3-10(11)12/h1-4,6,9H,5,7,15H2/t9-/m0/s1. The molecule has 2 N–H and O–H groups in total. The molecule has 16 heavy (non-hydrogen) atoms. The predicted octanol–water partition coefficient (Wildman–Crippen LogP) is 2.76. The van der Waals surface area contributed by atoms with Gasteiger partial charge in [0.15, 0.2) is 0 Å². The maximum atomic E-state index is 6.24. The Labute approximate surface area is 99.0 Å². The molecule has 3 heteroatoms. The second-order valence-electron chi connectivity index (χ2n) is 4.07. The number of hydrogen-bond acceptors (Lipinski definition) is 2. The van der Waals surface area contributed by atoms with E-state index in [1.165, 1.54) is 5.56 Å². The lowest BCUT2D eigenvalue weighted by Crippen LogP contribution is -2.24. The van der Waals surface area contributed by atoms with Crippen LogP contribution in [0, 0.1) is 0 Å². The summed E-state index contributed by atoms with van der Waals surface area (Å²) in [5.41, 5.74) is 6.80. The molecule has 0 saturated carbocycles. The zero-order valence-corrected chi connectivity index (χ0v) is 9.50. The van der Waals surface area contributed by atoms with Crippen LogP contribution in [0.2, 0.25) is 5.02 Å². The average Bonchev–Trinajstić information content (AvgIpc) is 2.72. The molecule has 2 nitrogen and oxygen atoms in total. The van der Waals surface area contributed by atoms with Crippen LogP contribution in [0.4, 0.5) is 0 Å². The molecule has 1 aliphatic rings. The van der Waals surface area contributed by atoms with Crippen LogP contribution in [0.15, 0.2) is 30.3 Å². The first-order chi connectivity index (χ1) is 7.79. The highest BCUT2D eigenvalue weighted by Gasteiger charge is 2.24. The Morgan fingerprint density at radius 3 is 2.81 bits per heavy atom. The fourth-order valence-electron chi connectivity index (χ4n) is 2.23. The Bertz CT molecular complexity index is 553. The summed E-state index contributed by atoms with van der Waals surface area (Å²) in [5.74, 6) is 0.954. The molecule has 2 aromatic rings. The molecule has 0 unspecified atom stereocenters. The van der Waals surface area contributed by atoms with E-state index in [4.69, 9.17) is 22.1 Å². The molecule has 0 saturated heterocycles. The Hall–Kier alpha value is -1.25. The number of nitrogens with two attached hydrogens (primary N) is 1. The van der Waals surface area contributed by atoms with Crippen LogP contribution >= 0.6 is 11.6 Å². The van der Waals surface area contributed by atoms with E-state index in [9.17, 15) is 0 Å². The van der Waals surface area contributed by atoms with Gasteiger partial charge in [-0.15, -0.1) is 0 Å². The highest BCUT2D eigenvalue weighted by molar-refractivity contribution is 6.36. The van der Waals surface area contributed by atoms with Crippen molar-refractivity contribution < 1.29 is 4.74 Å². The third kappa shape index (κ3) is 1.38. The monoisotopic (exact) mass is 233 g/mol. The van der Waals surface area contributed by atoms with E-state index in [0.717, 1.165) is 28.0 Å². The van der Waals surface area contributed by atoms with Crippen molar-refractivity contribution in [2.75, 3.05) is 6.54 Å². The van der Waals surface area contributed by atoms with Crippen LogP contribution in [0.25, 0.3) is 10.8 Å². The third-order valence-electron chi connectivity index (χ3n) is 3.02. The normalized spacial score (nSPS) is 18.5. The molecular formula is C13H12ClNO. The van der Waals surface area contributed by atoms with Crippen molar-refractivity contribution in [3.05, 3.63) is 40.9 Å². The van der Waals surface area contributed by atoms with Gasteiger partial charge in [-0.1, -0.05) is 35.9 Å². The van der Waals surface area contributed by atoms with Gasteiger partial charge in [0.25, 0.3) is 0 Å². The second kappa shape index (κ2) is 3.65. The van der Waals surface area contributed by atoms with E-state index in [-0.39, 0.29) is 6.10 Å². The van der Waals surface area contributed by atoms with Gasteiger partial charge in [0.05, 0.1) is 0 Å². The molecule has 0 bridgehead atoms. The highest BCUT2D eigenvalue weighted by atomic mass is 35.5. The van der Waals surface area contributed by atoms with Crippen LogP contribution in [0.5, 0.6) is 5.75 Å². The van der Waals surface area contributed by atoms with Crippen LogP contribution in [-0.4, -0.2) is 12.6 Å². The van der Waals surface area contributed by atoms with Crippen molar-refractivity contribution in [3.8, 4) is 5.75 Å². The number of hydrogen-bond donors (Lipinski definition) is 1. The molecule has 0 fully saturated rings. The molecule has 0 aromatic heterocycles. The molecular weight excluding hydrogens is 222 g/mol. The first kappa shape index (κ1) is 9.94. The van der Waals surface area contributed by atoms with Gasteiger partial charge in [-0.2, -0.15) is 0 Å².